The molecule has 88 valence electrons. The lowest BCUT2D eigenvalue weighted by molar-refractivity contribution is 0.157. The Labute approximate surface area is 94.4 Å². The predicted molar refractivity (Wildman–Crippen MR) is 65.0 cm³/mol. The fraction of sp³-hybridized carbons (Fsp3) is 1.00. The van der Waals surface area contributed by atoms with Crippen LogP contribution in [0.3, 0.4) is 0 Å². The van der Waals surface area contributed by atoms with Crippen molar-refractivity contribution in [2.24, 2.45) is 16.7 Å². The summed E-state index contributed by atoms with van der Waals surface area (Å²) in [5.41, 5.74) is 1.08. The molecule has 0 radical (unpaired) electrons. The molecule has 2 heteroatoms. The fourth-order valence-electron chi connectivity index (χ4n) is 3.18. The Hall–Kier alpha value is -0.0800. The number of nitrogens with one attached hydrogen (secondary N) is 1. The van der Waals surface area contributed by atoms with Crippen LogP contribution in [-0.2, 0) is 0 Å². The van der Waals surface area contributed by atoms with E-state index in [4.69, 9.17) is 0 Å². The zero-order chi connectivity index (χ0) is 11.3. The highest BCUT2D eigenvalue weighted by atomic mass is 15.2. The van der Waals surface area contributed by atoms with Crippen LogP contribution in [0.2, 0.25) is 0 Å². The Morgan fingerprint density at radius 2 is 1.80 bits per heavy atom. The molecule has 2 rings (SSSR count). The zero-order valence-corrected chi connectivity index (χ0v) is 10.9. The van der Waals surface area contributed by atoms with Crippen molar-refractivity contribution < 1.29 is 0 Å². The molecule has 1 heterocycles. The number of nitrogens with zero attached hydrogens (tertiary/aromatic N) is 1. The van der Waals surface area contributed by atoms with E-state index in [2.05, 4.69) is 44.8 Å². The molecule has 2 fully saturated rings. The molecule has 15 heavy (non-hydrogen) atoms. The highest BCUT2D eigenvalue weighted by Gasteiger charge is 2.64. The Morgan fingerprint density at radius 1 is 1.20 bits per heavy atom. The Balaban J connectivity index is 1.93. The topological polar surface area (TPSA) is 15.3 Å². The summed E-state index contributed by atoms with van der Waals surface area (Å²) >= 11 is 0. The van der Waals surface area contributed by atoms with E-state index in [1.54, 1.807) is 0 Å². The smallest absolute Gasteiger partial charge is 0.0193 e. The molecule has 1 atom stereocenters. The Morgan fingerprint density at radius 3 is 2.27 bits per heavy atom. The maximum atomic E-state index is 3.46. The third kappa shape index (κ3) is 1.72. The first kappa shape index (κ1) is 11.4. The van der Waals surface area contributed by atoms with Gasteiger partial charge in [0.2, 0.25) is 0 Å². The molecule has 0 aromatic rings. The van der Waals surface area contributed by atoms with E-state index in [0.717, 1.165) is 19.0 Å². The van der Waals surface area contributed by atoms with Crippen molar-refractivity contribution in [1.82, 2.24) is 10.2 Å². The highest BCUT2D eigenvalue weighted by Crippen LogP contribution is 2.68. The summed E-state index contributed by atoms with van der Waals surface area (Å²) in [6.45, 7) is 16.9. The number of hydrogen-bond acceptors (Lipinski definition) is 2. The minimum Gasteiger partial charge on any atom is -0.314 e. The van der Waals surface area contributed by atoms with Crippen molar-refractivity contribution in [3.05, 3.63) is 0 Å². The summed E-state index contributed by atoms with van der Waals surface area (Å²) in [5.74, 6) is 0.880. The number of rotatable bonds is 2. The van der Waals surface area contributed by atoms with Crippen LogP contribution in [0.15, 0.2) is 0 Å². The molecule has 1 N–H and O–H groups in total. The molecule has 2 nitrogen and oxygen atoms in total. The second-order valence-electron chi connectivity index (χ2n) is 6.54. The van der Waals surface area contributed by atoms with E-state index < -0.39 is 0 Å². The molecule has 1 unspecified atom stereocenters. The van der Waals surface area contributed by atoms with Crippen LogP contribution in [0.5, 0.6) is 0 Å². The molecule has 0 aromatic heterocycles. The Bertz CT molecular complexity index is 231. The van der Waals surface area contributed by atoms with Crippen LogP contribution in [0.25, 0.3) is 0 Å². The Kier molecular flexibility index (Phi) is 2.63. The summed E-state index contributed by atoms with van der Waals surface area (Å²) in [6, 6.07) is 0.714. The fourth-order valence-corrected chi connectivity index (χ4v) is 3.18. The molecule has 1 aliphatic heterocycles. The summed E-state index contributed by atoms with van der Waals surface area (Å²) in [5, 5.41) is 3.46. The minimum absolute atomic E-state index is 0.539. The maximum absolute atomic E-state index is 3.46. The van der Waals surface area contributed by atoms with Crippen LogP contribution < -0.4 is 5.32 Å². The molecule has 0 bridgehead atoms. The quantitative estimate of drug-likeness (QED) is 0.749. The lowest BCUT2D eigenvalue weighted by Gasteiger charge is -2.34. The highest BCUT2D eigenvalue weighted by molar-refractivity contribution is 5.13. The lowest BCUT2D eigenvalue weighted by atomic mass is 10.0. The van der Waals surface area contributed by atoms with Gasteiger partial charge in [-0.2, -0.15) is 0 Å². The molecule has 0 amide bonds. The van der Waals surface area contributed by atoms with Gasteiger partial charge in [0.15, 0.2) is 0 Å². The van der Waals surface area contributed by atoms with Crippen molar-refractivity contribution in [3.8, 4) is 0 Å². The largest absolute Gasteiger partial charge is 0.314 e. The zero-order valence-electron chi connectivity index (χ0n) is 10.9. The van der Waals surface area contributed by atoms with Crippen molar-refractivity contribution in [2.75, 3.05) is 26.2 Å². The first-order valence-corrected chi connectivity index (χ1v) is 6.32. The van der Waals surface area contributed by atoms with Gasteiger partial charge in [-0.25, -0.2) is 0 Å². The van der Waals surface area contributed by atoms with Crippen LogP contribution in [0.1, 0.15) is 34.6 Å². The van der Waals surface area contributed by atoms with E-state index >= 15 is 0 Å². The second kappa shape index (κ2) is 3.46. The third-order valence-electron chi connectivity index (χ3n) is 5.38. The second-order valence-corrected chi connectivity index (χ2v) is 6.54. The number of piperazine rings is 1. The van der Waals surface area contributed by atoms with Gasteiger partial charge < -0.3 is 5.32 Å². The SMILES string of the molecule is CC1CNCCN1CC1C(C)(C)C1(C)C. The van der Waals surface area contributed by atoms with Gasteiger partial charge in [0, 0.05) is 32.2 Å². The van der Waals surface area contributed by atoms with Gasteiger partial charge in [-0.3, -0.25) is 4.90 Å². The van der Waals surface area contributed by atoms with Gasteiger partial charge in [-0.05, 0) is 23.7 Å². The molecular weight excluding hydrogens is 184 g/mol. The summed E-state index contributed by atoms with van der Waals surface area (Å²) < 4.78 is 0. The van der Waals surface area contributed by atoms with Crippen LogP contribution in [-0.4, -0.2) is 37.1 Å². The number of hydrogen-bond donors (Lipinski definition) is 1. The summed E-state index contributed by atoms with van der Waals surface area (Å²) in [7, 11) is 0. The molecule has 1 aliphatic carbocycles. The average molecular weight is 210 g/mol. The summed E-state index contributed by atoms with van der Waals surface area (Å²) in [6.07, 6.45) is 0. The van der Waals surface area contributed by atoms with Gasteiger partial charge in [0.1, 0.15) is 0 Å². The normalized spacial score (nSPS) is 35.4. The monoisotopic (exact) mass is 210 g/mol. The predicted octanol–water partition coefficient (Wildman–Crippen LogP) is 1.96. The lowest BCUT2D eigenvalue weighted by Crippen LogP contribution is -2.50. The molecule has 1 saturated carbocycles. The minimum atomic E-state index is 0.539. The van der Waals surface area contributed by atoms with Crippen molar-refractivity contribution in [3.63, 3.8) is 0 Å². The van der Waals surface area contributed by atoms with Gasteiger partial charge in [-0.1, -0.05) is 27.7 Å². The molecule has 2 aliphatic rings. The molecule has 1 saturated heterocycles. The van der Waals surface area contributed by atoms with E-state index in [-0.39, 0.29) is 0 Å². The first-order valence-electron chi connectivity index (χ1n) is 6.32. The van der Waals surface area contributed by atoms with E-state index in [9.17, 15) is 0 Å². The standard InChI is InChI=1S/C13H26N2/c1-10-8-14-6-7-15(10)9-11-12(2,3)13(11,4)5/h10-11,14H,6-9H2,1-5H3. The van der Waals surface area contributed by atoms with Gasteiger partial charge in [-0.15, -0.1) is 0 Å². The van der Waals surface area contributed by atoms with Crippen LogP contribution in [0, 0.1) is 16.7 Å². The van der Waals surface area contributed by atoms with Crippen molar-refractivity contribution in [2.45, 2.75) is 40.7 Å². The van der Waals surface area contributed by atoms with Gasteiger partial charge in [0.25, 0.3) is 0 Å². The molecule has 0 aromatic carbocycles. The van der Waals surface area contributed by atoms with E-state index in [0.29, 0.717) is 16.9 Å². The molecule has 0 spiro atoms. The van der Waals surface area contributed by atoms with Crippen LogP contribution >= 0.6 is 0 Å². The van der Waals surface area contributed by atoms with E-state index in [1.807, 2.05) is 0 Å². The van der Waals surface area contributed by atoms with E-state index in [1.165, 1.54) is 13.1 Å². The van der Waals surface area contributed by atoms with Crippen LogP contribution in [0.4, 0.5) is 0 Å². The van der Waals surface area contributed by atoms with Gasteiger partial charge in [0.05, 0.1) is 0 Å². The van der Waals surface area contributed by atoms with Crippen molar-refractivity contribution in [1.29, 1.82) is 0 Å². The van der Waals surface area contributed by atoms with Crippen molar-refractivity contribution >= 4 is 0 Å². The molecular formula is C13H26N2. The summed E-state index contributed by atoms with van der Waals surface area (Å²) in [4.78, 5) is 2.66. The maximum Gasteiger partial charge on any atom is 0.0193 e. The first-order chi connectivity index (χ1) is 6.87. The third-order valence-corrected chi connectivity index (χ3v) is 5.38. The van der Waals surface area contributed by atoms with Gasteiger partial charge >= 0.3 is 0 Å². The average Bonchev–Trinajstić information content (AvgIpc) is 2.51.